The molecule has 0 aliphatic heterocycles. The monoisotopic (exact) mass is 408 g/mol. The van der Waals surface area contributed by atoms with Crippen LogP contribution in [-0.4, -0.2) is 21.4 Å². The Balaban J connectivity index is 1.87. The van der Waals surface area contributed by atoms with Gasteiger partial charge in [-0.1, -0.05) is 41.5 Å². The Hall–Kier alpha value is -3.12. The molecule has 3 aromatic rings. The molecule has 1 amide bonds. The van der Waals surface area contributed by atoms with Crippen LogP contribution in [-0.2, 0) is 10.0 Å². The lowest BCUT2D eigenvalue weighted by molar-refractivity contribution is 0.102. The summed E-state index contributed by atoms with van der Waals surface area (Å²) < 4.78 is 27.3. The molecule has 0 bridgehead atoms. The van der Waals surface area contributed by atoms with Gasteiger partial charge in [0.1, 0.15) is 0 Å². The number of rotatable bonds is 5. The summed E-state index contributed by atoms with van der Waals surface area (Å²) in [7, 11) is -2.29. The summed E-state index contributed by atoms with van der Waals surface area (Å²) in [5.74, 6) is -0.355. The number of hydrogen-bond acceptors (Lipinski definition) is 3. The van der Waals surface area contributed by atoms with Gasteiger partial charge in [0.25, 0.3) is 15.9 Å². The maximum atomic E-state index is 13.0. The first-order chi connectivity index (χ1) is 13.7. The van der Waals surface area contributed by atoms with Crippen molar-refractivity contribution in [1.29, 1.82) is 0 Å². The average molecular weight is 409 g/mol. The molecule has 0 spiro atoms. The van der Waals surface area contributed by atoms with Crippen molar-refractivity contribution in [2.45, 2.75) is 25.7 Å². The zero-order valence-electron chi connectivity index (χ0n) is 16.9. The molecule has 5 nitrogen and oxygen atoms in total. The van der Waals surface area contributed by atoms with E-state index in [-0.39, 0.29) is 16.4 Å². The van der Waals surface area contributed by atoms with E-state index in [9.17, 15) is 13.2 Å². The Labute approximate surface area is 172 Å². The van der Waals surface area contributed by atoms with Crippen LogP contribution >= 0.6 is 0 Å². The molecule has 3 rings (SSSR count). The zero-order valence-corrected chi connectivity index (χ0v) is 17.7. The third kappa shape index (κ3) is 4.49. The van der Waals surface area contributed by atoms with E-state index in [1.54, 1.807) is 24.3 Å². The van der Waals surface area contributed by atoms with E-state index in [0.717, 1.165) is 16.7 Å². The van der Waals surface area contributed by atoms with Gasteiger partial charge in [-0.2, -0.15) is 0 Å². The number of anilines is 2. The van der Waals surface area contributed by atoms with Gasteiger partial charge >= 0.3 is 0 Å². The van der Waals surface area contributed by atoms with Crippen LogP contribution in [0.4, 0.5) is 11.4 Å². The second-order valence-electron chi connectivity index (χ2n) is 7.11. The van der Waals surface area contributed by atoms with Crippen LogP contribution in [0.2, 0.25) is 0 Å². The molecule has 0 aliphatic carbocycles. The largest absolute Gasteiger partial charge is 0.322 e. The highest BCUT2D eigenvalue weighted by Gasteiger charge is 2.22. The normalized spacial score (nSPS) is 11.2. The zero-order chi connectivity index (χ0) is 21.2. The lowest BCUT2D eigenvalue weighted by Crippen LogP contribution is -2.26. The van der Waals surface area contributed by atoms with Crippen molar-refractivity contribution in [2.24, 2.45) is 0 Å². The SMILES string of the molecule is Cc1ccc(N(C)S(=O)(=O)c2cccc(C(=O)Nc3ccc(C)cc3C)c2)cc1. The Morgan fingerprint density at radius 3 is 2.17 bits per heavy atom. The number of nitrogens with zero attached hydrogens (tertiary/aromatic N) is 1. The molecule has 0 fully saturated rings. The number of nitrogens with one attached hydrogen (secondary N) is 1. The van der Waals surface area contributed by atoms with E-state index in [2.05, 4.69) is 5.32 Å². The van der Waals surface area contributed by atoms with Crippen molar-refractivity contribution < 1.29 is 13.2 Å². The predicted molar refractivity (Wildman–Crippen MR) is 117 cm³/mol. The molecule has 0 radical (unpaired) electrons. The van der Waals surface area contributed by atoms with E-state index in [1.807, 2.05) is 51.1 Å². The fourth-order valence-electron chi connectivity index (χ4n) is 3.00. The Kier molecular flexibility index (Phi) is 5.75. The first kappa shape index (κ1) is 20.6. The van der Waals surface area contributed by atoms with Gasteiger partial charge in [0.15, 0.2) is 0 Å². The summed E-state index contributed by atoms with van der Waals surface area (Å²) in [4.78, 5) is 12.8. The quantitative estimate of drug-likeness (QED) is 0.666. The van der Waals surface area contributed by atoms with Gasteiger partial charge in [-0.15, -0.1) is 0 Å². The molecule has 0 atom stereocenters. The summed E-state index contributed by atoms with van der Waals surface area (Å²) in [6, 6.07) is 19.0. The highest BCUT2D eigenvalue weighted by molar-refractivity contribution is 7.92. The molecule has 3 aromatic carbocycles. The molecule has 0 aromatic heterocycles. The molecule has 0 unspecified atom stereocenters. The maximum Gasteiger partial charge on any atom is 0.264 e. The number of aryl methyl sites for hydroxylation is 3. The van der Waals surface area contributed by atoms with E-state index in [1.165, 1.54) is 23.5 Å². The van der Waals surface area contributed by atoms with Gasteiger partial charge in [0.05, 0.1) is 10.6 Å². The third-order valence-corrected chi connectivity index (χ3v) is 6.56. The summed E-state index contributed by atoms with van der Waals surface area (Å²) in [6.07, 6.45) is 0. The highest BCUT2D eigenvalue weighted by atomic mass is 32.2. The third-order valence-electron chi connectivity index (χ3n) is 4.78. The van der Waals surface area contributed by atoms with Crippen molar-refractivity contribution in [3.8, 4) is 0 Å². The number of carbonyl (C=O) groups excluding carboxylic acids is 1. The Morgan fingerprint density at radius 2 is 1.52 bits per heavy atom. The minimum absolute atomic E-state index is 0.0638. The van der Waals surface area contributed by atoms with Crippen LogP contribution in [0.5, 0.6) is 0 Å². The van der Waals surface area contributed by atoms with Gasteiger partial charge in [-0.3, -0.25) is 9.10 Å². The van der Waals surface area contributed by atoms with Gasteiger partial charge in [-0.05, 0) is 62.7 Å². The number of carbonyl (C=O) groups is 1. The molecular weight excluding hydrogens is 384 g/mol. The molecule has 6 heteroatoms. The lowest BCUT2D eigenvalue weighted by atomic mass is 10.1. The Morgan fingerprint density at radius 1 is 0.862 bits per heavy atom. The minimum Gasteiger partial charge on any atom is -0.322 e. The summed E-state index contributed by atoms with van der Waals surface area (Å²) in [5.41, 5.74) is 4.63. The fourth-order valence-corrected chi connectivity index (χ4v) is 4.24. The first-order valence-electron chi connectivity index (χ1n) is 9.23. The topological polar surface area (TPSA) is 66.5 Å². The van der Waals surface area contributed by atoms with E-state index >= 15 is 0 Å². The van der Waals surface area contributed by atoms with Crippen LogP contribution in [0.3, 0.4) is 0 Å². The molecule has 0 heterocycles. The molecule has 29 heavy (non-hydrogen) atoms. The number of benzene rings is 3. The van der Waals surface area contributed by atoms with Crippen LogP contribution in [0.25, 0.3) is 0 Å². The minimum atomic E-state index is -3.79. The summed E-state index contributed by atoms with van der Waals surface area (Å²) in [5, 5.41) is 2.85. The van der Waals surface area contributed by atoms with E-state index in [4.69, 9.17) is 0 Å². The molecule has 1 N–H and O–H groups in total. The number of hydrogen-bond donors (Lipinski definition) is 1. The van der Waals surface area contributed by atoms with E-state index < -0.39 is 10.0 Å². The van der Waals surface area contributed by atoms with Gasteiger partial charge in [0.2, 0.25) is 0 Å². The van der Waals surface area contributed by atoms with Crippen LogP contribution in [0.15, 0.2) is 71.6 Å². The van der Waals surface area contributed by atoms with Crippen LogP contribution in [0, 0.1) is 20.8 Å². The van der Waals surface area contributed by atoms with Crippen molar-refractivity contribution in [2.75, 3.05) is 16.7 Å². The van der Waals surface area contributed by atoms with Crippen LogP contribution < -0.4 is 9.62 Å². The van der Waals surface area contributed by atoms with Crippen LogP contribution in [0.1, 0.15) is 27.0 Å². The predicted octanol–water partition coefficient (Wildman–Crippen LogP) is 4.69. The standard InChI is InChI=1S/C23H24N2O3S/c1-16-8-11-20(12-9-16)25(4)29(27,28)21-7-5-6-19(15-21)23(26)24-22-13-10-17(2)14-18(22)3/h5-15H,1-4H3,(H,24,26). The maximum absolute atomic E-state index is 13.0. The number of sulfonamides is 1. The van der Waals surface area contributed by atoms with E-state index in [0.29, 0.717) is 11.4 Å². The summed E-state index contributed by atoms with van der Waals surface area (Å²) in [6.45, 7) is 5.84. The fraction of sp³-hybridized carbons (Fsp3) is 0.174. The van der Waals surface area contributed by atoms with Crippen molar-refractivity contribution >= 4 is 27.3 Å². The Bertz CT molecular complexity index is 1150. The van der Waals surface area contributed by atoms with Crippen molar-refractivity contribution in [1.82, 2.24) is 0 Å². The second kappa shape index (κ2) is 8.09. The highest BCUT2D eigenvalue weighted by Crippen LogP contribution is 2.24. The molecule has 0 aliphatic rings. The first-order valence-corrected chi connectivity index (χ1v) is 10.7. The van der Waals surface area contributed by atoms with Crippen molar-refractivity contribution in [3.63, 3.8) is 0 Å². The molecule has 150 valence electrons. The van der Waals surface area contributed by atoms with Gasteiger partial charge in [0, 0.05) is 18.3 Å². The van der Waals surface area contributed by atoms with Gasteiger partial charge < -0.3 is 5.32 Å². The molecular formula is C23H24N2O3S. The average Bonchev–Trinajstić information content (AvgIpc) is 2.70. The number of amides is 1. The van der Waals surface area contributed by atoms with Gasteiger partial charge in [-0.25, -0.2) is 8.42 Å². The van der Waals surface area contributed by atoms with Crippen molar-refractivity contribution in [3.05, 3.63) is 89.0 Å². The summed E-state index contributed by atoms with van der Waals surface area (Å²) >= 11 is 0. The smallest absolute Gasteiger partial charge is 0.264 e. The lowest BCUT2D eigenvalue weighted by Gasteiger charge is -2.20. The second-order valence-corrected chi connectivity index (χ2v) is 9.08. The molecule has 0 saturated heterocycles. The molecule has 0 saturated carbocycles.